The van der Waals surface area contributed by atoms with Crippen LogP contribution in [0.1, 0.15) is 6.42 Å². The first kappa shape index (κ1) is 16.1. The number of hydrogen-bond donors (Lipinski definition) is 2. The number of sulfonamides is 1. The summed E-state index contributed by atoms with van der Waals surface area (Å²) < 4.78 is 54.5. The topological polar surface area (TPSA) is 116 Å². The van der Waals surface area contributed by atoms with Gasteiger partial charge in [-0.3, -0.25) is 0 Å². The van der Waals surface area contributed by atoms with Gasteiger partial charge >= 0.3 is 0 Å². The third-order valence-corrected chi connectivity index (χ3v) is 6.73. The molecule has 1 aromatic carbocycles. The van der Waals surface area contributed by atoms with Crippen molar-refractivity contribution in [2.45, 2.75) is 11.3 Å². The Kier molecular flexibility index (Phi) is 4.45. The summed E-state index contributed by atoms with van der Waals surface area (Å²) >= 11 is 0. The third-order valence-electron chi connectivity index (χ3n) is 3.40. The first-order chi connectivity index (χ1) is 9.73. The standard InChI is InChI=1S/C12H18N2O5S2/c1-19-10-2-3-12(11(13)6-10)21(17,18)14-7-9-4-5-20(15,16)8-9/h2-3,6,9,14H,4-5,7-8,13H2,1H3. The van der Waals surface area contributed by atoms with Crippen LogP contribution in [0.15, 0.2) is 23.1 Å². The largest absolute Gasteiger partial charge is 0.497 e. The molecule has 0 spiro atoms. The van der Waals surface area contributed by atoms with Crippen molar-refractivity contribution < 1.29 is 21.6 Å². The Hall–Kier alpha value is -1.32. The Morgan fingerprint density at radius 1 is 1.43 bits per heavy atom. The highest BCUT2D eigenvalue weighted by molar-refractivity contribution is 7.91. The molecule has 3 N–H and O–H groups in total. The summed E-state index contributed by atoms with van der Waals surface area (Å²) in [7, 11) is -5.33. The molecule has 1 saturated heterocycles. The number of hydrogen-bond acceptors (Lipinski definition) is 6. The first-order valence-corrected chi connectivity index (χ1v) is 9.67. The average Bonchev–Trinajstić information content (AvgIpc) is 2.75. The lowest BCUT2D eigenvalue weighted by molar-refractivity contribution is 0.414. The molecule has 1 aromatic rings. The number of nitrogens with one attached hydrogen (secondary N) is 1. The van der Waals surface area contributed by atoms with Gasteiger partial charge in [0.1, 0.15) is 10.6 Å². The maximum Gasteiger partial charge on any atom is 0.242 e. The SMILES string of the molecule is COc1ccc(S(=O)(=O)NCC2CCS(=O)(=O)C2)c(N)c1. The van der Waals surface area contributed by atoms with Crippen molar-refractivity contribution in [3.8, 4) is 5.75 Å². The molecule has 0 bridgehead atoms. The van der Waals surface area contributed by atoms with E-state index in [4.69, 9.17) is 10.5 Å². The Morgan fingerprint density at radius 2 is 2.14 bits per heavy atom. The van der Waals surface area contributed by atoms with E-state index in [0.717, 1.165) is 0 Å². The predicted molar refractivity (Wildman–Crippen MR) is 79.4 cm³/mol. The molecule has 118 valence electrons. The summed E-state index contributed by atoms with van der Waals surface area (Å²) in [5.41, 5.74) is 5.80. The monoisotopic (exact) mass is 334 g/mol. The van der Waals surface area contributed by atoms with Crippen molar-refractivity contribution >= 4 is 25.5 Å². The molecule has 0 radical (unpaired) electrons. The highest BCUT2D eigenvalue weighted by atomic mass is 32.2. The van der Waals surface area contributed by atoms with Crippen LogP contribution in [0, 0.1) is 5.92 Å². The average molecular weight is 334 g/mol. The molecule has 0 saturated carbocycles. The molecule has 1 fully saturated rings. The fourth-order valence-corrected chi connectivity index (χ4v) is 5.33. The van der Waals surface area contributed by atoms with E-state index in [1.54, 1.807) is 0 Å². The normalized spacial score (nSPS) is 21.3. The number of nitrogen functional groups attached to an aromatic ring is 1. The van der Waals surface area contributed by atoms with Gasteiger partial charge in [0.05, 0.1) is 24.3 Å². The van der Waals surface area contributed by atoms with Crippen molar-refractivity contribution in [1.29, 1.82) is 0 Å². The van der Waals surface area contributed by atoms with Crippen molar-refractivity contribution in [2.24, 2.45) is 5.92 Å². The number of rotatable bonds is 5. The van der Waals surface area contributed by atoms with E-state index in [-0.39, 0.29) is 34.6 Å². The summed E-state index contributed by atoms with van der Waals surface area (Å²) in [6, 6.07) is 4.29. The minimum absolute atomic E-state index is 0.0214. The fourth-order valence-electron chi connectivity index (χ4n) is 2.24. The van der Waals surface area contributed by atoms with Crippen LogP contribution in [0.2, 0.25) is 0 Å². The van der Waals surface area contributed by atoms with Gasteiger partial charge in [0.25, 0.3) is 0 Å². The molecule has 1 atom stereocenters. The quantitative estimate of drug-likeness (QED) is 0.732. The van der Waals surface area contributed by atoms with E-state index in [0.29, 0.717) is 12.2 Å². The maximum atomic E-state index is 12.2. The lowest BCUT2D eigenvalue weighted by atomic mass is 10.1. The number of sulfone groups is 1. The molecule has 0 amide bonds. The van der Waals surface area contributed by atoms with E-state index < -0.39 is 19.9 Å². The van der Waals surface area contributed by atoms with Crippen LogP contribution in [-0.4, -0.2) is 42.0 Å². The number of benzene rings is 1. The van der Waals surface area contributed by atoms with E-state index in [9.17, 15) is 16.8 Å². The van der Waals surface area contributed by atoms with Crippen molar-refractivity contribution in [3.05, 3.63) is 18.2 Å². The van der Waals surface area contributed by atoms with Crippen LogP contribution < -0.4 is 15.2 Å². The fraction of sp³-hybridized carbons (Fsp3) is 0.500. The second-order valence-corrected chi connectivity index (χ2v) is 8.99. The van der Waals surface area contributed by atoms with Crippen LogP contribution in [0.4, 0.5) is 5.69 Å². The molecule has 1 unspecified atom stereocenters. The summed E-state index contributed by atoms with van der Waals surface area (Å²) in [5, 5.41) is 0. The minimum Gasteiger partial charge on any atom is -0.497 e. The zero-order chi connectivity index (χ0) is 15.7. The lowest BCUT2D eigenvalue weighted by Crippen LogP contribution is -2.30. The minimum atomic E-state index is -3.77. The highest BCUT2D eigenvalue weighted by Gasteiger charge is 2.29. The van der Waals surface area contributed by atoms with Gasteiger partial charge < -0.3 is 10.5 Å². The predicted octanol–water partition coefficient (Wildman–Crippen LogP) is -0.00960. The zero-order valence-corrected chi connectivity index (χ0v) is 13.2. The van der Waals surface area contributed by atoms with Gasteiger partial charge in [-0.25, -0.2) is 21.6 Å². The molecule has 1 aliphatic rings. The molecule has 9 heteroatoms. The van der Waals surface area contributed by atoms with Gasteiger partial charge in [-0.2, -0.15) is 0 Å². The van der Waals surface area contributed by atoms with Crippen molar-refractivity contribution in [3.63, 3.8) is 0 Å². The van der Waals surface area contributed by atoms with Gasteiger partial charge in [0.2, 0.25) is 10.0 Å². The van der Waals surface area contributed by atoms with Crippen LogP contribution >= 0.6 is 0 Å². The summed E-state index contributed by atoms with van der Waals surface area (Å²) in [4.78, 5) is -0.0378. The van der Waals surface area contributed by atoms with Crippen LogP contribution in [0.25, 0.3) is 0 Å². The van der Waals surface area contributed by atoms with Gasteiger partial charge in [0, 0.05) is 12.6 Å². The van der Waals surface area contributed by atoms with Crippen molar-refractivity contribution in [1.82, 2.24) is 4.72 Å². The summed E-state index contributed by atoms with van der Waals surface area (Å²) in [6.45, 7) is 0.0903. The van der Waals surface area contributed by atoms with Gasteiger partial charge in [-0.15, -0.1) is 0 Å². The zero-order valence-electron chi connectivity index (χ0n) is 11.6. The molecular formula is C12H18N2O5S2. The second kappa shape index (κ2) is 5.82. The molecule has 7 nitrogen and oxygen atoms in total. The van der Waals surface area contributed by atoms with Crippen LogP contribution in [-0.2, 0) is 19.9 Å². The smallest absolute Gasteiger partial charge is 0.242 e. The van der Waals surface area contributed by atoms with Gasteiger partial charge in [0.15, 0.2) is 9.84 Å². The Morgan fingerprint density at radius 3 is 2.67 bits per heavy atom. The van der Waals surface area contributed by atoms with Crippen LogP contribution in [0.3, 0.4) is 0 Å². The Balaban J connectivity index is 2.09. The summed E-state index contributed by atoms with van der Waals surface area (Å²) in [5.74, 6) is 0.412. The van der Waals surface area contributed by atoms with E-state index >= 15 is 0 Å². The molecule has 1 heterocycles. The molecular weight excluding hydrogens is 316 g/mol. The van der Waals surface area contributed by atoms with Gasteiger partial charge in [-0.05, 0) is 24.5 Å². The number of anilines is 1. The number of methoxy groups -OCH3 is 1. The molecule has 0 aromatic heterocycles. The third kappa shape index (κ3) is 3.86. The lowest BCUT2D eigenvalue weighted by Gasteiger charge is -2.12. The molecule has 1 aliphatic heterocycles. The first-order valence-electron chi connectivity index (χ1n) is 6.37. The molecule has 0 aliphatic carbocycles. The van der Waals surface area contributed by atoms with E-state index in [1.807, 2.05) is 0 Å². The Labute approximate surface area is 124 Å². The second-order valence-electron chi connectivity index (χ2n) is 5.02. The van der Waals surface area contributed by atoms with Crippen molar-refractivity contribution in [2.75, 3.05) is 30.9 Å². The molecule has 21 heavy (non-hydrogen) atoms. The van der Waals surface area contributed by atoms with Crippen LogP contribution in [0.5, 0.6) is 5.75 Å². The summed E-state index contributed by atoms with van der Waals surface area (Å²) in [6.07, 6.45) is 0.475. The number of ether oxygens (including phenoxy) is 1. The number of nitrogens with two attached hydrogens (primary N) is 1. The van der Waals surface area contributed by atoms with E-state index in [1.165, 1.54) is 25.3 Å². The molecule has 2 rings (SSSR count). The maximum absolute atomic E-state index is 12.2. The Bertz CT molecular complexity index is 728. The van der Waals surface area contributed by atoms with Gasteiger partial charge in [-0.1, -0.05) is 0 Å². The highest BCUT2D eigenvalue weighted by Crippen LogP contribution is 2.24. The van der Waals surface area contributed by atoms with E-state index in [2.05, 4.69) is 4.72 Å².